The van der Waals surface area contributed by atoms with Gasteiger partial charge in [0.05, 0.1) is 0 Å². The van der Waals surface area contributed by atoms with Gasteiger partial charge in [-0.05, 0) is 12.8 Å². The fourth-order valence-electron chi connectivity index (χ4n) is 2.53. The Kier molecular flexibility index (Phi) is 17.0. The third kappa shape index (κ3) is 16.2. The summed E-state index contributed by atoms with van der Waals surface area (Å²) < 4.78 is 0. The summed E-state index contributed by atoms with van der Waals surface area (Å²) >= 11 is 2.00. The molecule has 0 fully saturated rings. The Balaban J connectivity index is 3.25. The minimum atomic E-state index is 0.221. The molecule has 0 aliphatic rings. The number of amides is 1. The third-order valence-electron chi connectivity index (χ3n) is 4.05. The lowest BCUT2D eigenvalue weighted by molar-refractivity contribution is -0.121. The first kappa shape index (κ1) is 21.8. The van der Waals surface area contributed by atoms with Gasteiger partial charge in [-0.2, -0.15) is 11.8 Å². The summed E-state index contributed by atoms with van der Waals surface area (Å²) in [6, 6.07) is 0. The van der Waals surface area contributed by atoms with Gasteiger partial charge in [0.15, 0.2) is 0 Å². The summed E-state index contributed by atoms with van der Waals surface area (Å²) in [6.07, 6.45) is 15.3. The molecule has 2 nitrogen and oxygen atoms in total. The second-order valence-electron chi connectivity index (χ2n) is 6.40. The van der Waals surface area contributed by atoms with Crippen molar-refractivity contribution >= 4 is 17.7 Å². The SMILES string of the molecule is CCCCCCCCCCC(C)SCCNC(=O)CCCC. The van der Waals surface area contributed by atoms with E-state index in [0.717, 1.165) is 30.4 Å². The van der Waals surface area contributed by atoms with E-state index in [4.69, 9.17) is 0 Å². The number of hydrogen-bond donors (Lipinski definition) is 1. The van der Waals surface area contributed by atoms with Crippen molar-refractivity contribution in [1.29, 1.82) is 0 Å². The van der Waals surface area contributed by atoms with E-state index < -0.39 is 0 Å². The monoisotopic (exact) mass is 329 g/mol. The predicted molar refractivity (Wildman–Crippen MR) is 102 cm³/mol. The number of rotatable bonds is 16. The molecule has 1 atom stereocenters. The highest BCUT2D eigenvalue weighted by Gasteiger charge is 2.04. The number of carbonyl (C=O) groups is 1. The standard InChI is InChI=1S/C19H39NOS/c1-4-6-8-9-10-11-12-13-14-18(3)22-17-16-20-19(21)15-7-5-2/h18H,4-17H2,1-3H3,(H,20,21). The van der Waals surface area contributed by atoms with Crippen molar-refractivity contribution in [2.24, 2.45) is 0 Å². The van der Waals surface area contributed by atoms with Crippen LogP contribution in [0.1, 0.15) is 97.8 Å². The molecule has 0 aromatic heterocycles. The zero-order valence-electron chi connectivity index (χ0n) is 15.3. The van der Waals surface area contributed by atoms with Crippen LogP contribution >= 0.6 is 11.8 Å². The molecule has 3 heteroatoms. The summed E-state index contributed by atoms with van der Waals surface area (Å²) in [5.74, 6) is 1.27. The van der Waals surface area contributed by atoms with Crippen molar-refractivity contribution < 1.29 is 4.79 Å². The number of nitrogens with one attached hydrogen (secondary N) is 1. The maximum absolute atomic E-state index is 11.5. The smallest absolute Gasteiger partial charge is 0.220 e. The lowest BCUT2D eigenvalue weighted by Crippen LogP contribution is -2.25. The van der Waals surface area contributed by atoms with E-state index in [1.807, 2.05) is 11.8 Å². The zero-order chi connectivity index (χ0) is 16.5. The Morgan fingerprint density at radius 3 is 2.14 bits per heavy atom. The van der Waals surface area contributed by atoms with Crippen LogP contribution in [0, 0.1) is 0 Å². The molecule has 0 aliphatic carbocycles. The molecule has 0 spiro atoms. The number of thioether (sulfide) groups is 1. The van der Waals surface area contributed by atoms with Crippen molar-refractivity contribution in [3.05, 3.63) is 0 Å². The summed E-state index contributed by atoms with van der Waals surface area (Å²) in [7, 11) is 0. The topological polar surface area (TPSA) is 29.1 Å². The average Bonchev–Trinajstić information content (AvgIpc) is 2.52. The molecule has 0 rings (SSSR count). The lowest BCUT2D eigenvalue weighted by Gasteiger charge is -2.11. The van der Waals surface area contributed by atoms with E-state index in [1.165, 1.54) is 57.8 Å². The van der Waals surface area contributed by atoms with E-state index in [9.17, 15) is 4.79 Å². The minimum Gasteiger partial charge on any atom is -0.355 e. The van der Waals surface area contributed by atoms with Gasteiger partial charge >= 0.3 is 0 Å². The highest BCUT2D eigenvalue weighted by atomic mass is 32.2. The molecule has 22 heavy (non-hydrogen) atoms. The molecule has 0 radical (unpaired) electrons. The van der Waals surface area contributed by atoms with Gasteiger partial charge in [-0.1, -0.05) is 78.6 Å². The minimum absolute atomic E-state index is 0.221. The van der Waals surface area contributed by atoms with Crippen LogP contribution in [0.5, 0.6) is 0 Å². The normalized spacial score (nSPS) is 12.3. The number of carbonyl (C=O) groups excluding carboxylic acids is 1. The molecule has 1 unspecified atom stereocenters. The molecule has 1 N–H and O–H groups in total. The van der Waals surface area contributed by atoms with Gasteiger partial charge in [-0.25, -0.2) is 0 Å². The largest absolute Gasteiger partial charge is 0.355 e. The summed E-state index contributed by atoms with van der Waals surface area (Å²) in [5, 5.41) is 3.74. The second kappa shape index (κ2) is 17.2. The molecule has 0 saturated carbocycles. The molecule has 0 aromatic rings. The van der Waals surface area contributed by atoms with Crippen molar-refractivity contribution in [1.82, 2.24) is 5.32 Å². The number of unbranched alkanes of at least 4 members (excludes halogenated alkanes) is 8. The molecule has 0 saturated heterocycles. The van der Waals surface area contributed by atoms with Crippen molar-refractivity contribution in [2.45, 2.75) is 103 Å². The fraction of sp³-hybridized carbons (Fsp3) is 0.947. The van der Waals surface area contributed by atoms with Crippen molar-refractivity contribution in [3.8, 4) is 0 Å². The quantitative estimate of drug-likeness (QED) is 0.355. The van der Waals surface area contributed by atoms with Gasteiger partial charge in [-0.3, -0.25) is 4.79 Å². The van der Waals surface area contributed by atoms with Crippen LogP contribution in [0.2, 0.25) is 0 Å². The van der Waals surface area contributed by atoms with E-state index in [0.29, 0.717) is 6.42 Å². The Bertz CT molecular complexity index is 246. The molecule has 0 aliphatic heterocycles. The predicted octanol–water partition coefficient (Wildman–Crippen LogP) is 5.95. The molecule has 0 heterocycles. The Morgan fingerprint density at radius 1 is 0.909 bits per heavy atom. The Labute approximate surface area is 143 Å². The molecular formula is C19H39NOS. The van der Waals surface area contributed by atoms with Gasteiger partial charge in [0.25, 0.3) is 0 Å². The Morgan fingerprint density at radius 2 is 1.50 bits per heavy atom. The van der Waals surface area contributed by atoms with Crippen LogP contribution < -0.4 is 5.32 Å². The van der Waals surface area contributed by atoms with E-state index in [-0.39, 0.29) is 5.91 Å². The van der Waals surface area contributed by atoms with Gasteiger partial charge < -0.3 is 5.32 Å². The molecule has 1 amide bonds. The van der Waals surface area contributed by atoms with Crippen LogP contribution in [-0.4, -0.2) is 23.5 Å². The van der Waals surface area contributed by atoms with Gasteiger partial charge in [0, 0.05) is 24.0 Å². The molecule has 132 valence electrons. The van der Waals surface area contributed by atoms with Gasteiger partial charge in [0.2, 0.25) is 5.91 Å². The zero-order valence-corrected chi connectivity index (χ0v) is 16.1. The lowest BCUT2D eigenvalue weighted by atomic mass is 10.1. The highest BCUT2D eigenvalue weighted by molar-refractivity contribution is 7.99. The number of hydrogen-bond acceptors (Lipinski definition) is 2. The summed E-state index contributed by atoms with van der Waals surface area (Å²) in [5.41, 5.74) is 0. The van der Waals surface area contributed by atoms with Crippen LogP contribution in [0.3, 0.4) is 0 Å². The first-order valence-corrected chi connectivity index (χ1v) is 10.6. The average molecular weight is 330 g/mol. The van der Waals surface area contributed by atoms with Crippen molar-refractivity contribution in [3.63, 3.8) is 0 Å². The Hall–Kier alpha value is -0.180. The van der Waals surface area contributed by atoms with E-state index in [2.05, 4.69) is 26.1 Å². The summed E-state index contributed by atoms with van der Waals surface area (Å²) in [6.45, 7) is 7.55. The summed E-state index contributed by atoms with van der Waals surface area (Å²) in [4.78, 5) is 11.5. The first-order chi connectivity index (χ1) is 10.7. The van der Waals surface area contributed by atoms with Crippen LogP contribution in [0.25, 0.3) is 0 Å². The van der Waals surface area contributed by atoms with Crippen LogP contribution in [0.15, 0.2) is 0 Å². The third-order valence-corrected chi connectivity index (χ3v) is 5.29. The maximum Gasteiger partial charge on any atom is 0.220 e. The van der Waals surface area contributed by atoms with E-state index in [1.54, 1.807) is 0 Å². The molecular weight excluding hydrogens is 290 g/mol. The molecule has 0 bridgehead atoms. The van der Waals surface area contributed by atoms with Gasteiger partial charge in [-0.15, -0.1) is 0 Å². The van der Waals surface area contributed by atoms with Crippen LogP contribution in [0.4, 0.5) is 0 Å². The maximum atomic E-state index is 11.5. The highest BCUT2D eigenvalue weighted by Crippen LogP contribution is 2.18. The van der Waals surface area contributed by atoms with Gasteiger partial charge in [0.1, 0.15) is 0 Å². The van der Waals surface area contributed by atoms with Crippen molar-refractivity contribution in [2.75, 3.05) is 12.3 Å². The van der Waals surface area contributed by atoms with Crippen LogP contribution in [-0.2, 0) is 4.79 Å². The van der Waals surface area contributed by atoms with E-state index >= 15 is 0 Å². The second-order valence-corrected chi connectivity index (χ2v) is 7.94. The fourth-order valence-corrected chi connectivity index (χ4v) is 3.48. The molecule has 0 aromatic carbocycles. The first-order valence-electron chi connectivity index (χ1n) is 9.59.